The van der Waals surface area contributed by atoms with Gasteiger partial charge < -0.3 is 20.4 Å². The van der Waals surface area contributed by atoms with Crippen molar-refractivity contribution in [1.82, 2.24) is 15.0 Å². The molecule has 7 heteroatoms. The summed E-state index contributed by atoms with van der Waals surface area (Å²) in [7, 11) is 0. The number of aromatic nitrogens is 3. The summed E-state index contributed by atoms with van der Waals surface area (Å²) in [6.07, 6.45) is 1.73. The van der Waals surface area contributed by atoms with Gasteiger partial charge in [0.15, 0.2) is 0 Å². The predicted octanol–water partition coefficient (Wildman–Crippen LogP) is 1.88. The number of H-pyrrole nitrogens is 1. The number of anilines is 2. The molecule has 1 amide bonds. The molecule has 1 aliphatic heterocycles. The third kappa shape index (κ3) is 2.48. The average molecular weight is 323 g/mol. The molecule has 0 saturated carbocycles. The number of amides is 1. The standard InChI is InChI=1S/C17H17N5O2/c1-10-6-12(16(18)19-8-10)17-20-13-3-2-11(7-14(13)21-17)22-4-5-24-9-15(22)23/h2-3,6-8H,4-5,9H2,1H3,(H2,18,19)(H,20,21). The van der Waals surface area contributed by atoms with E-state index in [2.05, 4.69) is 15.0 Å². The number of nitrogens with zero attached hydrogens (tertiary/aromatic N) is 3. The van der Waals surface area contributed by atoms with Crippen LogP contribution in [0.3, 0.4) is 0 Å². The number of carbonyl (C=O) groups is 1. The SMILES string of the molecule is Cc1cnc(N)c(-c2nc3ccc(N4CCOCC4=O)cc3[nH]2)c1. The van der Waals surface area contributed by atoms with Crippen LogP contribution in [0.2, 0.25) is 0 Å². The summed E-state index contributed by atoms with van der Waals surface area (Å²) in [5.74, 6) is 1.07. The summed E-state index contributed by atoms with van der Waals surface area (Å²) < 4.78 is 5.18. The number of fused-ring (bicyclic) bond motifs is 1. The highest BCUT2D eigenvalue weighted by Gasteiger charge is 2.21. The number of benzene rings is 1. The minimum absolute atomic E-state index is 0.0348. The van der Waals surface area contributed by atoms with Gasteiger partial charge in [-0.25, -0.2) is 9.97 Å². The Balaban J connectivity index is 1.76. The second-order valence-electron chi connectivity index (χ2n) is 5.83. The number of imidazole rings is 1. The Hall–Kier alpha value is -2.93. The van der Waals surface area contributed by atoms with Crippen molar-refractivity contribution < 1.29 is 9.53 Å². The first kappa shape index (κ1) is 14.6. The van der Waals surface area contributed by atoms with Crippen LogP contribution in [-0.2, 0) is 9.53 Å². The van der Waals surface area contributed by atoms with Crippen LogP contribution in [-0.4, -0.2) is 40.6 Å². The minimum atomic E-state index is -0.0348. The Morgan fingerprint density at radius 3 is 3.04 bits per heavy atom. The highest BCUT2D eigenvalue weighted by atomic mass is 16.5. The fourth-order valence-corrected chi connectivity index (χ4v) is 2.85. The van der Waals surface area contributed by atoms with Crippen LogP contribution in [0.1, 0.15) is 5.56 Å². The van der Waals surface area contributed by atoms with Crippen molar-refractivity contribution in [1.29, 1.82) is 0 Å². The number of aromatic amines is 1. The van der Waals surface area contributed by atoms with Crippen molar-refractivity contribution >= 4 is 28.4 Å². The lowest BCUT2D eigenvalue weighted by Gasteiger charge is -2.26. The molecular weight excluding hydrogens is 306 g/mol. The number of pyridine rings is 1. The molecule has 1 aliphatic rings. The van der Waals surface area contributed by atoms with E-state index >= 15 is 0 Å². The Labute approximate surface area is 138 Å². The van der Waals surface area contributed by atoms with Crippen LogP contribution in [0.5, 0.6) is 0 Å². The number of nitrogens with two attached hydrogens (primary N) is 1. The molecule has 2 aromatic heterocycles. The fraction of sp³-hybridized carbons (Fsp3) is 0.235. The van der Waals surface area contributed by atoms with Gasteiger partial charge in [0.1, 0.15) is 18.2 Å². The highest BCUT2D eigenvalue weighted by Crippen LogP contribution is 2.27. The molecule has 122 valence electrons. The molecule has 0 radical (unpaired) electrons. The number of ether oxygens (including phenoxy) is 1. The maximum atomic E-state index is 12.0. The molecule has 3 heterocycles. The van der Waals surface area contributed by atoms with Crippen molar-refractivity contribution in [3.05, 3.63) is 36.0 Å². The number of rotatable bonds is 2. The van der Waals surface area contributed by atoms with E-state index in [9.17, 15) is 4.79 Å². The molecule has 3 aromatic rings. The maximum Gasteiger partial charge on any atom is 0.253 e. The number of hydrogen-bond donors (Lipinski definition) is 2. The Morgan fingerprint density at radius 1 is 1.33 bits per heavy atom. The Kier molecular flexibility index (Phi) is 3.42. The van der Waals surface area contributed by atoms with Crippen LogP contribution in [0.4, 0.5) is 11.5 Å². The summed E-state index contributed by atoms with van der Waals surface area (Å²) in [6, 6.07) is 7.67. The molecule has 1 fully saturated rings. The van der Waals surface area contributed by atoms with Crippen molar-refractivity contribution in [2.75, 3.05) is 30.4 Å². The van der Waals surface area contributed by atoms with Gasteiger partial charge in [-0.05, 0) is 36.8 Å². The first-order valence-electron chi connectivity index (χ1n) is 7.72. The maximum absolute atomic E-state index is 12.0. The number of nitrogens with one attached hydrogen (secondary N) is 1. The van der Waals surface area contributed by atoms with Gasteiger partial charge in [0, 0.05) is 18.4 Å². The van der Waals surface area contributed by atoms with Crippen molar-refractivity contribution in [2.45, 2.75) is 6.92 Å². The molecular formula is C17H17N5O2. The quantitative estimate of drug-likeness (QED) is 0.750. The van der Waals surface area contributed by atoms with Crippen LogP contribution in [0.25, 0.3) is 22.4 Å². The minimum Gasteiger partial charge on any atom is -0.383 e. The van der Waals surface area contributed by atoms with E-state index in [1.54, 1.807) is 11.1 Å². The number of hydrogen-bond acceptors (Lipinski definition) is 5. The zero-order valence-electron chi connectivity index (χ0n) is 13.2. The van der Waals surface area contributed by atoms with Gasteiger partial charge in [-0.3, -0.25) is 4.79 Å². The van der Waals surface area contributed by atoms with E-state index in [4.69, 9.17) is 10.5 Å². The zero-order chi connectivity index (χ0) is 16.7. The third-order valence-corrected chi connectivity index (χ3v) is 4.07. The van der Waals surface area contributed by atoms with Gasteiger partial charge in [0.2, 0.25) is 0 Å². The summed E-state index contributed by atoms with van der Waals surface area (Å²) in [5.41, 5.74) is 10.3. The van der Waals surface area contributed by atoms with E-state index in [0.717, 1.165) is 27.8 Å². The van der Waals surface area contributed by atoms with E-state index < -0.39 is 0 Å². The molecule has 0 bridgehead atoms. The molecule has 1 aromatic carbocycles. The lowest BCUT2D eigenvalue weighted by Crippen LogP contribution is -2.41. The number of nitrogen functional groups attached to an aromatic ring is 1. The van der Waals surface area contributed by atoms with Crippen molar-refractivity contribution in [2.24, 2.45) is 0 Å². The smallest absolute Gasteiger partial charge is 0.253 e. The monoisotopic (exact) mass is 323 g/mol. The van der Waals surface area contributed by atoms with Gasteiger partial charge in [-0.2, -0.15) is 0 Å². The van der Waals surface area contributed by atoms with E-state index in [1.807, 2.05) is 31.2 Å². The van der Waals surface area contributed by atoms with Gasteiger partial charge in [-0.15, -0.1) is 0 Å². The van der Waals surface area contributed by atoms with Crippen LogP contribution in [0.15, 0.2) is 30.5 Å². The number of morpholine rings is 1. The topological polar surface area (TPSA) is 97.1 Å². The first-order valence-corrected chi connectivity index (χ1v) is 7.72. The second kappa shape index (κ2) is 5.61. The van der Waals surface area contributed by atoms with Gasteiger partial charge in [0.25, 0.3) is 5.91 Å². The fourth-order valence-electron chi connectivity index (χ4n) is 2.85. The Bertz CT molecular complexity index is 934. The summed E-state index contributed by atoms with van der Waals surface area (Å²) in [4.78, 5) is 25.8. The van der Waals surface area contributed by atoms with E-state index in [1.165, 1.54) is 0 Å². The molecule has 3 N–H and O–H groups in total. The van der Waals surface area contributed by atoms with Gasteiger partial charge in [-0.1, -0.05) is 0 Å². The van der Waals surface area contributed by atoms with Crippen molar-refractivity contribution in [3.8, 4) is 11.4 Å². The lowest BCUT2D eigenvalue weighted by molar-refractivity contribution is -0.125. The van der Waals surface area contributed by atoms with Crippen molar-refractivity contribution in [3.63, 3.8) is 0 Å². The largest absolute Gasteiger partial charge is 0.383 e. The first-order chi connectivity index (χ1) is 11.6. The summed E-state index contributed by atoms with van der Waals surface area (Å²) >= 11 is 0. The molecule has 0 aliphatic carbocycles. The number of aryl methyl sites for hydroxylation is 1. The third-order valence-electron chi connectivity index (χ3n) is 4.07. The molecule has 0 spiro atoms. The number of carbonyl (C=O) groups excluding carboxylic acids is 1. The van der Waals surface area contributed by atoms with Crippen LogP contribution < -0.4 is 10.6 Å². The normalized spacial score (nSPS) is 15.2. The summed E-state index contributed by atoms with van der Waals surface area (Å²) in [6.45, 7) is 3.18. The van der Waals surface area contributed by atoms with E-state index in [-0.39, 0.29) is 12.5 Å². The molecule has 1 saturated heterocycles. The highest BCUT2D eigenvalue weighted by molar-refractivity contribution is 5.97. The average Bonchev–Trinajstić information content (AvgIpc) is 3.00. The molecule has 7 nitrogen and oxygen atoms in total. The molecule has 0 atom stereocenters. The van der Waals surface area contributed by atoms with Crippen LogP contribution in [0, 0.1) is 6.92 Å². The molecule has 24 heavy (non-hydrogen) atoms. The lowest BCUT2D eigenvalue weighted by atomic mass is 10.2. The van der Waals surface area contributed by atoms with Gasteiger partial charge in [0.05, 0.1) is 23.2 Å². The second-order valence-corrected chi connectivity index (χ2v) is 5.83. The predicted molar refractivity (Wildman–Crippen MR) is 91.6 cm³/mol. The Morgan fingerprint density at radius 2 is 2.21 bits per heavy atom. The molecule has 0 unspecified atom stereocenters. The molecule has 4 rings (SSSR count). The zero-order valence-corrected chi connectivity index (χ0v) is 13.2. The van der Waals surface area contributed by atoms with Gasteiger partial charge >= 0.3 is 0 Å². The summed E-state index contributed by atoms with van der Waals surface area (Å²) in [5, 5.41) is 0. The van der Waals surface area contributed by atoms with E-state index in [0.29, 0.717) is 24.8 Å². The van der Waals surface area contributed by atoms with Crippen LogP contribution >= 0.6 is 0 Å².